The summed E-state index contributed by atoms with van der Waals surface area (Å²) in [6, 6.07) is 7.11. The number of nitrogens with zero attached hydrogens (tertiary/aromatic N) is 2. The maximum Gasteiger partial charge on any atom is 0.228 e. The molecule has 0 spiro atoms. The lowest BCUT2D eigenvalue weighted by atomic mass is 9.72. The van der Waals surface area contributed by atoms with Crippen molar-refractivity contribution < 1.29 is 14.1 Å². The molecule has 34 heavy (non-hydrogen) atoms. The van der Waals surface area contributed by atoms with Crippen LogP contribution in [0, 0.1) is 16.0 Å². The van der Waals surface area contributed by atoms with Gasteiger partial charge in [-0.2, -0.15) is 0 Å². The summed E-state index contributed by atoms with van der Waals surface area (Å²) >= 11 is 6.61. The zero-order chi connectivity index (χ0) is 25.3. The van der Waals surface area contributed by atoms with Crippen LogP contribution >= 0.6 is 11.6 Å². The van der Waals surface area contributed by atoms with Crippen LogP contribution in [0.4, 0.5) is 0 Å². The van der Waals surface area contributed by atoms with Gasteiger partial charge >= 0.3 is 0 Å². The zero-order valence-electron chi connectivity index (χ0n) is 21.8. The number of likely N-dealkylation sites (tertiary alicyclic amines) is 1. The van der Waals surface area contributed by atoms with Gasteiger partial charge in [0.15, 0.2) is 8.32 Å². The van der Waals surface area contributed by atoms with E-state index < -0.39 is 14.4 Å². The first-order chi connectivity index (χ1) is 15.9. The predicted octanol–water partition coefficient (Wildman–Crippen LogP) is 6.50. The number of benzene rings is 1. The Bertz CT molecular complexity index is 914. The van der Waals surface area contributed by atoms with E-state index in [0.717, 1.165) is 30.5 Å². The molecule has 8 heteroatoms. The average molecular weight is 509 g/mol. The first kappa shape index (κ1) is 27.2. The second-order valence-electron chi connectivity index (χ2n) is 11.4. The van der Waals surface area contributed by atoms with Crippen LogP contribution in [-0.4, -0.2) is 57.1 Å². The number of methoxy groups -OCH3 is 1. The van der Waals surface area contributed by atoms with Gasteiger partial charge in [-0.3, -0.25) is 10.1 Å². The summed E-state index contributed by atoms with van der Waals surface area (Å²) in [4.78, 5) is 14.9. The molecule has 0 saturated carbocycles. The van der Waals surface area contributed by atoms with E-state index in [2.05, 4.69) is 45.7 Å². The molecule has 2 aliphatic rings. The fourth-order valence-electron chi connectivity index (χ4n) is 5.24. The lowest BCUT2D eigenvalue weighted by Gasteiger charge is -2.42. The molecule has 0 bridgehead atoms. The number of allylic oxidation sites excluding steroid dienone is 1. The molecule has 1 aromatic rings. The summed E-state index contributed by atoms with van der Waals surface area (Å²) in [7, 11) is -0.340. The Morgan fingerprint density at radius 2 is 1.91 bits per heavy atom. The van der Waals surface area contributed by atoms with Crippen molar-refractivity contribution in [2.45, 2.75) is 83.1 Å². The third-order valence-corrected chi connectivity index (χ3v) is 13.2. The second kappa shape index (κ2) is 10.7. The molecule has 0 aromatic heterocycles. The first-order valence-corrected chi connectivity index (χ1v) is 15.6. The zero-order valence-corrected chi connectivity index (χ0v) is 23.5. The second-order valence-corrected chi connectivity index (χ2v) is 16.6. The van der Waals surface area contributed by atoms with E-state index in [1.165, 1.54) is 5.70 Å². The van der Waals surface area contributed by atoms with Crippen LogP contribution < -0.4 is 0 Å². The number of hydrogen-bond donors (Lipinski definition) is 0. The lowest BCUT2D eigenvalue weighted by Crippen LogP contribution is -2.48. The minimum absolute atomic E-state index is 0.0346. The Kier molecular flexibility index (Phi) is 8.54. The van der Waals surface area contributed by atoms with Crippen LogP contribution in [0.2, 0.25) is 23.2 Å². The number of hydrogen-bond acceptors (Lipinski definition) is 5. The molecule has 4 atom stereocenters. The molecule has 0 amide bonds. The normalized spacial score (nSPS) is 26.3. The first-order valence-electron chi connectivity index (χ1n) is 12.4. The van der Waals surface area contributed by atoms with Crippen molar-refractivity contribution in [1.82, 2.24) is 4.90 Å². The summed E-state index contributed by atoms with van der Waals surface area (Å²) in [5, 5.41) is 13.2. The van der Waals surface area contributed by atoms with E-state index in [-0.39, 0.29) is 21.8 Å². The SMILES string of the molecule is COC[C@@H]1CCCN1C1=C(C)[C@H](CO[Si](C)(C)C(C)(C)C)[C@H]([N+](=O)[O-])[C@@H](c2ccccc2Cl)C1. The van der Waals surface area contributed by atoms with Gasteiger partial charge in [0.2, 0.25) is 6.04 Å². The largest absolute Gasteiger partial charge is 0.416 e. The third-order valence-electron chi connectivity index (χ3n) is 8.31. The van der Waals surface area contributed by atoms with Gasteiger partial charge in [0.25, 0.3) is 0 Å². The van der Waals surface area contributed by atoms with E-state index in [1.54, 1.807) is 7.11 Å². The van der Waals surface area contributed by atoms with Crippen molar-refractivity contribution in [3.8, 4) is 0 Å². The van der Waals surface area contributed by atoms with Crippen LogP contribution in [0.1, 0.15) is 58.4 Å². The van der Waals surface area contributed by atoms with Crippen molar-refractivity contribution in [1.29, 1.82) is 0 Å². The fourth-order valence-corrected chi connectivity index (χ4v) is 6.55. The molecule has 190 valence electrons. The van der Waals surface area contributed by atoms with E-state index >= 15 is 0 Å². The molecular formula is C26H41ClN2O4Si. The molecule has 1 aromatic carbocycles. The molecule has 1 fully saturated rings. The molecular weight excluding hydrogens is 468 g/mol. The maximum absolute atomic E-state index is 12.6. The number of rotatable bonds is 8. The molecule has 1 heterocycles. The Morgan fingerprint density at radius 1 is 1.24 bits per heavy atom. The van der Waals surface area contributed by atoms with Crippen LogP contribution in [0.3, 0.4) is 0 Å². The van der Waals surface area contributed by atoms with E-state index in [1.807, 2.05) is 24.3 Å². The number of nitro groups is 1. The van der Waals surface area contributed by atoms with Gasteiger partial charge in [0.05, 0.1) is 24.5 Å². The monoisotopic (exact) mass is 508 g/mol. The summed E-state index contributed by atoms with van der Waals surface area (Å²) in [6.45, 7) is 15.1. The standard InChI is InChI=1S/C26H41ClN2O4Si/c1-18-22(17-33-34(6,7)26(2,3)4)25(29(30)31)21(20-12-8-9-13-23(20)27)15-24(18)28-14-10-11-19(28)16-32-5/h8-9,12-13,19,21-22,25H,10-11,14-17H2,1-7H3/t19-,21+,22-,25+/m0/s1. The molecule has 3 rings (SSSR count). The molecule has 0 radical (unpaired) electrons. The molecule has 1 aliphatic heterocycles. The summed E-state index contributed by atoms with van der Waals surface area (Å²) in [6.07, 6.45) is 2.79. The van der Waals surface area contributed by atoms with E-state index in [9.17, 15) is 10.1 Å². The fraction of sp³-hybridized carbons (Fsp3) is 0.692. The van der Waals surface area contributed by atoms with Gasteiger partial charge in [-0.1, -0.05) is 50.6 Å². The van der Waals surface area contributed by atoms with Crippen molar-refractivity contribution in [3.05, 3.63) is 56.2 Å². The minimum Gasteiger partial charge on any atom is -0.416 e. The van der Waals surface area contributed by atoms with E-state index in [4.69, 9.17) is 20.8 Å². The highest BCUT2D eigenvalue weighted by molar-refractivity contribution is 6.74. The van der Waals surface area contributed by atoms with Crippen LogP contribution in [0.15, 0.2) is 35.5 Å². The smallest absolute Gasteiger partial charge is 0.228 e. The quantitative estimate of drug-likeness (QED) is 0.228. The Hall–Kier alpha value is -1.41. The molecule has 0 unspecified atom stereocenters. The van der Waals surface area contributed by atoms with Gasteiger partial charge in [0, 0.05) is 42.3 Å². The van der Waals surface area contributed by atoms with Crippen molar-refractivity contribution >= 4 is 19.9 Å². The maximum atomic E-state index is 12.6. The van der Waals surface area contributed by atoms with E-state index in [0.29, 0.717) is 30.7 Å². The minimum atomic E-state index is -2.08. The summed E-state index contributed by atoms with van der Waals surface area (Å²) in [5.74, 6) is -0.614. The Morgan fingerprint density at radius 3 is 2.50 bits per heavy atom. The van der Waals surface area contributed by atoms with Gasteiger partial charge < -0.3 is 14.1 Å². The molecule has 6 nitrogen and oxygen atoms in total. The lowest BCUT2D eigenvalue weighted by molar-refractivity contribution is -0.536. The summed E-state index contributed by atoms with van der Waals surface area (Å²) < 4.78 is 12.1. The van der Waals surface area contributed by atoms with Gasteiger partial charge in [-0.25, -0.2) is 0 Å². The van der Waals surface area contributed by atoms with Crippen molar-refractivity contribution in [2.24, 2.45) is 5.92 Å². The highest BCUT2D eigenvalue weighted by Gasteiger charge is 2.49. The number of ether oxygens (including phenoxy) is 1. The molecule has 1 saturated heterocycles. The average Bonchev–Trinajstić information content (AvgIpc) is 3.20. The molecule has 1 aliphatic carbocycles. The third kappa shape index (κ3) is 5.53. The van der Waals surface area contributed by atoms with Gasteiger partial charge in [-0.05, 0) is 55.1 Å². The Labute approximate surface area is 210 Å². The Balaban J connectivity index is 2.07. The highest BCUT2D eigenvalue weighted by Crippen LogP contribution is 2.46. The molecule has 0 N–H and O–H groups in total. The van der Waals surface area contributed by atoms with Crippen LogP contribution in [0.5, 0.6) is 0 Å². The summed E-state index contributed by atoms with van der Waals surface area (Å²) in [5.41, 5.74) is 3.16. The topological polar surface area (TPSA) is 64.8 Å². The van der Waals surface area contributed by atoms with Crippen molar-refractivity contribution in [2.75, 3.05) is 26.9 Å². The highest BCUT2D eigenvalue weighted by atomic mass is 35.5. The van der Waals surface area contributed by atoms with Crippen molar-refractivity contribution in [3.63, 3.8) is 0 Å². The van der Waals surface area contributed by atoms with Gasteiger partial charge in [-0.15, -0.1) is 0 Å². The van der Waals surface area contributed by atoms with Crippen LogP contribution in [0.25, 0.3) is 0 Å². The predicted molar refractivity (Wildman–Crippen MR) is 141 cm³/mol. The van der Waals surface area contributed by atoms with Crippen LogP contribution in [-0.2, 0) is 9.16 Å². The van der Waals surface area contributed by atoms with Gasteiger partial charge in [0.1, 0.15) is 0 Å². The number of halogens is 1.